The molecule has 0 heterocycles. The predicted molar refractivity (Wildman–Crippen MR) is 32.3 cm³/mol. The van der Waals surface area contributed by atoms with E-state index < -0.39 is 0 Å². The maximum absolute atomic E-state index is 8.70. The zero-order chi connectivity index (χ0) is 6.41. The highest BCUT2D eigenvalue weighted by Gasteiger charge is 1.91. The van der Waals surface area contributed by atoms with E-state index in [-0.39, 0.29) is 6.10 Å². The van der Waals surface area contributed by atoms with Gasteiger partial charge in [0.25, 0.3) is 0 Å². The molecule has 3 heteroatoms. The quantitative estimate of drug-likeness (QED) is 0.382. The summed E-state index contributed by atoms with van der Waals surface area (Å²) in [4.78, 5) is 0. The van der Waals surface area contributed by atoms with Crippen LogP contribution in [0.1, 0.15) is 6.92 Å². The smallest absolute Gasteiger partial charge is 0.0866 e. The number of hydrogen-bond donors (Lipinski definition) is 3. The van der Waals surface area contributed by atoms with E-state index in [1.807, 2.05) is 0 Å². The molecule has 0 rings (SSSR count). The molecule has 0 aliphatic heterocycles. The van der Waals surface area contributed by atoms with Gasteiger partial charge in [0.15, 0.2) is 0 Å². The normalized spacial score (nSPS) is 13.9. The molecule has 0 aromatic heterocycles. The molecule has 0 aromatic carbocycles. The number of hydrogen-bond acceptors (Lipinski definition) is 2. The summed E-state index contributed by atoms with van der Waals surface area (Å²) in [6.45, 7) is 4.21. The van der Waals surface area contributed by atoms with E-state index in [1.54, 1.807) is 6.92 Å². The zero-order valence-corrected chi connectivity index (χ0v) is 5.35. The van der Waals surface area contributed by atoms with Crippen molar-refractivity contribution < 1.29 is 10.8 Å². The summed E-state index contributed by atoms with van der Waals surface area (Å²) >= 11 is 0. The summed E-state index contributed by atoms with van der Waals surface area (Å²) in [6, 6.07) is 0. The van der Waals surface area contributed by atoms with Crippen molar-refractivity contribution in [3.8, 4) is 0 Å². The number of quaternary nitrogens is 1. The topological polar surface area (TPSA) is 59.9 Å². The first kappa shape index (κ1) is 7.88. The van der Waals surface area contributed by atoms with E-state index in [0.29, 0.717) is 6.54 Å². The van der Waals surface area contributed by atoms with Gasteiger partial charge < -0.3 is 16.2 Å². The molecule has 1 unspecified atom stereocenters. The summed E-state index contributed by atoms with van der Waals surface area (Å²) in [7, 11) is 0. The van der Waals surface area contributed by atoms with Crippen molar-refractivity contribution in [1.82, 2.24) is 5.32 Å². The third-order valence-corrected chi connectivity index (χ3v) is 0.793. The third kappa shape index (κ3) is 5.88. The first-order valence-corrected chi connectivity index (χ1v) is 2.95. The molecule has 0 amide bonds. The summed E-state index contributed by atoms with van der Waals surface area (Å²) in [5.41, 5.74) is 3.64. The highest BCUT2D eigenvalue weighted by Crippen LogP contribution is 1.71. The molecule has 0 bridgehead atoms. The number of nitrogens with one attached hydrogen (secondary N) is 1. The Kier molecular flexibility index (Phi) is 4.95. The fraction of sp³-hybridized carbons (Fsp3) is 1.00. The first-order chi connectivity index (χ1) is 3.77. The third-order valence-electron chi connectivity index (χ3n) is 0.793. The second kappa shape index (κ2) is 5.03. The maximum Gasteiger partial charge on any atom is 0.0866 e. The van der Waals surface area contributed by atoms with Crippen molar-refractivity contribution in [2.75, 3.05) is 19.6 Å². The average molecular weight is 119 g/mol. The van der Waals surface area contributed by atoms with Gasteiger partial charge in [-0.2, -0.15) is 0 Å². The molecule has 0 saturated carbocycles. The number of aliphatic hydroxyl groups excluding tert-OH is 1. The van der Waals surface area contributed by atoms with E-state index in [9.17, 15) is 0 Å². The van der Waals surface area contributed by atoms with Crippen LogP contribution in [-0.2, 0) is 0 Å². The van der Waals surface area contributed by atoms with Crippen molar-refractivity contribution in [3.63, 3.8) is 0 Å². The fourth-order valence-corrected chi connectivity index (χ4v) is 0.436. The van der Waals surface area contributed by atoms with E-state index in [1.165, 1.54) is 0 Å². The van der Waals surface area contributed by atoms with Crippen LogP contribution < -0.4 is 11.1 Å². The van der Waals surface area contributed by atoms with Gasteiger partial charge in [0.1, 0.15) is 0 Å². The highest BCUT2D eigenvalue weighted by molar-refractivity contribution is 4.49. The Morgan fingerprint density at radius 3 is 2.75 bits per heavy atom. The minimum Gasteiger partial charge on any atom is -0.392 e. The summed E-state index contributed by atoms with van der Waals surface area (Å²) in [5.74, 6) is 0. The fourth-order valence-electron chi connectivity index (χ4n) is 0.436. The maximum atomic E-state index is 8.70. The molecule has 8 heavy (non-hydrogen) atoms. The Morgan fingerprint density at radius 1 is 1.75 bits per heavy atom. The van der Waals surface area contributed by atoms with Crippen LogP contribution >= 0.6 is 0 Å². The molecular weight excluding hydrogens is 104 g/mol. The van der Waals surface area contributed by atoms with Crippen molar-refractivity contribution >= 4 is 0 Å². The molecule has 0 saturated heterocycles. The Hall–Kier alpha value is -0.120. The Bertz CT molecular complexity index is 47.7. The van der Waals surface area contributed by atoms with Gasteiger partial charge in [0.2, 0.25) is 0 Å². The van der Waals surface area contributed by atoms with Crippen LogP contribution in [0.4, 0.5) is 0 Å². The van der Waals surface area contributed by atoms with Gasteiger partial charge in [-0.05, 0) is 6.92 Å². The lowest BCUT2D eigenvalue weighted by atomic mass is 10.4. The van der Waals surface area contributed by atoms with Gasteiger partial charge in [-0.15, -0.1) is 0 Å². The molecule has 1 atom stereocenters. The minimum atomic E-state index is -0.235. The van der Waals surface area contributed by atoms with E-state index in [0.717, 1.165) is 13.1 Å². The summed E-state index contributed by atoms with van der Waals surface area (Å²) in [6.07, 6.45) is -0.235. The van der Waals surface area contributed by atoms with Gasteiger partial charge in [-0.1, -0.05) is 0 Å². The van der Waals surface area contributed by atoms with Crippen molar-refractivity contribution in [3.05, 3.63) is 0 Å². The number of aliphatic hydroxyl groups is 1. The molecule has 3 nitrogen and oxygen atoms in total. The molecule has 0 radical (unpaired) electrons. The van der Waals surface area contributed by atoms with Crippen LogP contribution in [0.5, 0.6) is 0 Å². The van der Waals surface area contributed by atoms with E-state index in [4.69, 9.17) is 5.11 Å². The average Bonchev–Trinajstić information content (AvgIpc) is 1.66. The van der Waals surface area contributed by atoms with E-state index >= 15 is 0 Å². The molecule has 50 valence electrons. The molecule has 5 N–H and O–H groups in total. The van der Waals surface area contributed by atoms with Crippen molar-refractivity contribution in [2.24, 2.45) is 0 Å². The van der Waals surface area contributed by atoms with Gasteiger partial charge in [0.05, 0.1) is 12.6 Å². The second-order valence-electron chi connectivity index (χ2n) is 1.91. The van der Waals surface area contributed by atoms with Crippen LogP contribution in [0, 0.1) is 0 Å². The van der Waals surface area contributed by atoms with E-state index in [2.05, 4.69) is 11.1 Å². The van der Waals surface area contributed by atoms with Crippen LogP contribution in [0.3, 0.4) is 0 Å². The summed E-state index contributed by atoms with van der Waals surface area (Å²) in [5, 5.41) is 11.7. The second-order valence-corrected chi connectivity index (χ2v) is 1.91. The zero-order valence-electron chi connectivity index (χ0n) is 5.35. The first-order valence-electron chi connectivity index (χ1n) is 2.95. The Labute approximate surface area is 49.9 Å². The molecule has 0 aliphatic carbocycles. The molecule has 0 aliphatic rings. The monoisotopic (exact) mass is 119 g/mol. The minimum absolute atomic E-state index is 0.235. The lowest BCUT2D eigenvalue weighted by Crippen LogP contribution is -2.54. The highest BCUT2D eigenvalue weighted by atomic mass is 16.3. The number of rotatable bonds is 4. The van der Waals surface area contributed by atoms with Gasteiger partial charge in [-0.25, -0.2) is 0 Å². The van der Waals surface area contributed by atoms with Gasteiger partial charge in [0, 0.05) is 13.1 Å². The molecule has 0 spiro atoms. The van der Waals surface area contributed by atoms with Crippen LogP contribution in [0.15, 0.2) is 0 Å². The van der Waals surface area contributed by atoms with Crippen molar-refractivity contribution in [1.29, 1.82) is 0 Å². The largest absolute Gasteiger partial charge is 0.392 e. The lowest BCUT2D eigenvalue weighted by molar-refractivity contribution is -0.365. The Morgan fingerprint density at radius 2 is 2.38 bits per heavy atom. The molecule has 0 aromatic rings. The Balaban J connectivity index is 2.72. The van der Waals surface area contributed by atoms with Crippen LogP contribution in [0.2, 0.25) is 0 Å². The van der Waals surface area contributed by atoms with Gasteiger partial charge in [-0.3, -0.25) is 0 Å². The van der Waals surface area contributed by atoms with Crippen LogP contribution in [0.25, 0.3) is 0 Å². The molecule has 0 fully saturated rings. The molecular formula is C5H15N2O+. The van der Waals surface area contributed by atoms with Crippen LogP contribution in [-0.4, -0.2) is 30.8 Å². The standard InChI is InChI=1S/C5H14N2O/c1-5(8)4-7-3-2-6/h5,7-8H,2-4,6H2,1H3/p+1. The van der Waals surface area contributed by atoms with Crippen molar-refractivity contribution in [2.45, 2.75) is 13.0 Å². The predicted octanol–water partition coefficient (Wildman–Crippen LogP) is -1.80. The lowest BCUT2D eigenvalue weighted by Gasteiger charge is -2.02. The van der Waals surface area contributed by atoms with Gasteiger partial charge >= 0.3 is 0 Å². The SMILES string of the molecule is CC(O)CNCC[NH3+]. The summed E-state index contributed by atoms with van der Waals surface area (Å²) < 4.78 is 0.